The van der Waals surface area contributed by atoms with E-state index >= 15 is 0 Å². The van der Waals surface area contributed by atoms with Crippen molar-refractivity contribution >= 4 is 17.7 Å². The molecule has 2 heterocycles. The van der Waals surface area contributed by atoms with Crippen LogP contribution >= 0.6 is 0 Å². The summed E-state index contributed by atoms with van der Waals surface area (Å²) in [5.74, 6) is 1.41. The molecule has 1 aromatic carbocycles. The predicted molar refractivity (Wildman–Crippen MR) is 99.7 cm³/mol. The van der Waals surface area contributed by atoms with Crippen molar-refractivity contribution in [2.75, 3.05) is 0 Å². The van der Waals surface area contributed by atoms with Gasteiger partial charge in [-0.15, -0.1) is 0 Å². The minimum Gasteiger partial charge on any atom is -0.465 e. The van der Waals surface area contributed by atoms with Crippen LogP contribution in [0.1, 0.15) is 17.3 Å². The number of aryl methyl sites for hydroxylation is 1. The van der Waals surface area contributed by atoms with Crippen LogP contribution in [0.5, 0.6) is 0 Å². The number of hydrogen-bond donors (Lipinski definition) is 1. The van der Waals surface area contributed by atoms with Gasteiger partial charge in [0.05, 0.1) is 11.5 Å². The first-order chi connectivity index (χ1) is 13.5. The summed E-state index contributed by atoms with van der Waals surface area (Å²) in [6.45, 7) is 1.95. The maximum Gasteiger partial charge on any atom is 0.270 e. The van der Waals surface area contributed by atoms with Gasteiger partial charge in [-0.3, -0.25) is 14.9 Å². The lowest BCUT2D eigenvalue weighted by atomic mass is 10.1. The molecule has 3 aromatic rings. The van der Waals surface area contributed by atoms with E-state index in [9.17, 15) is 20.2 Å². The number of nitrogens with one attached hydrogen (secondary N) is 1. The largest absolute Gasteiger partial charge is 0.465 e. The van der Waals surface area contributed by atoms with Crippen molar-refractivity contribution in [2.45, 2.75) is 13.5 Å². The Kier molecular flexibility index (Phi) is 5.37. The number of carbonyl (C=O) groups is 1. The van der Waals surface area contributed by atoms with Crippen LogP contribution in [0.2, 0.25) is 0 Å². The van der Waals surface area contributed by atoms with Crippen molar-refractivity contribution in [3.05, 3.63) is 81.5 Å². The second-order valence-corrected chi connectivity index (χ2v) is 5.87. The average molecular weight is 377 g/mol. The summed E-state index contributed by atoms with van der Waals surface area (Å²) in [5, 5.41) is 22.8. The molecule has 140 valence electrons. The van der Waals surface area contributed by atoms with Crippen molar-refractivity contribution in [2.24, 2.45) is 0 Å². The highest BCUT2D eigenvalue weighted by Crippen LogP contribution is 2.26. The van der Waals surface area contributed by atoms with Crippen molar-refractivity contribution in [1.82, 2.24) is 5.32 Å². The zero-order chi connectivity index (χ0) is 20.1. The molecular formula is C20H15N3O5. The SMILES string of the molecule is Cc1ccc(CNC(=O)/C(C#N)=C/c2ccc(-c3cccc([N+](=O)[O-])c3)o2)o1. The standard InChI is InChI=1S/C20H15N3O5/c1-13-5-6-18(27-13)12-22-20(24)15(11-21)10-17-7-8-19(28-17)14-3-2-4-16(9-14)23(25)26/h2-10H,12H2,1H3,(H,22,24)/b15-10+. The molecule has 0 aliphatic rings. The van der Waals surface area contributed by atoms with Gasteiger partial charge in [-0.1, -0.05) is 12.1 Å². The van der Waals surface area contributed by atoms with Gasteiger partial charge in [0, 0.05) is 23.8 Å². The highest BCUT2D eigenvalue weighted by molar-refractivity contribution is 6.01. The van der Waals surface area contributed by atoms with Gasteiger partial charge < -0.3 is 14.2 Å². The summed E-state index contributed by atoms with van der Waals surface area (Å²) in [5.41, 5.74) is 0.324. The molecule has 3 rings (SSSR count). The Labute approximate surface area is 159 Å². The van der Waals surface area contributed by atoms with Gasteiger partial charge in [0.2, 0.25) is 0 Å². The molecule has 0 atom stereocenters. The number of amides is 1. The third kappa shape index (κ3) is 4.34. The molecule has 0 fully saturated rings. The molecule has 0 radical (unpaired) electrons. The highest BCUT2D eigenvalue weighted by atomic mass is 16.6. The quantitative estimate of drug-likeness (QED) is 0.300. The third-order valence-electron chi connectivity index (χ3n) is 3.84. The molecule has 0 unspecified atom stereocenters. The van der Waals surface area contributed by atoms with E-state index in [4.69, 9.17) is 8.83 Å². The number of furan rings is 2. The van der Waals surface area contributed by atoms with Crippen LogP contribution in [0.15, 0.2) is 62.9 Å². The van der Waals surface area contributed by atoms with Crippen molar-refractivity contribution in [3.8, 4) is 17.4 Å². The molecular weight excluding hydrogens is 362 g/mol. The molecule has 0 spiro atoms. The molecule has 0 aliphatic heterocycles. The zero-order valence-corrected chi connectivity index (χ0v) is 14.8. The Hall–Kier alpha value is -4.12. The Morgan fingerprint density at radius 3 is 2.75 bits per heavy atom. The van der Waals surface area contributed by atoms with Crippen LogP contribution in [-0.4, -0.2) is 10.8 Å². The summed E-state index contributed by atoms with van der Waals surface area (Å²) in [6, 6.07) is 14.5. The van der Waals surface area contributed by atoms with E-state index in [1.165, 1.54) is 18.2 Å². The lowest BCUT2D eigenvalue weighted by Gasteiger charge is -2.01. The second kappa shape index (κ2) is 8.05. The molecule has 0 saturated carbocycles. The van der Waals surface area contributed by atoms with Gasteiger partial charge in [0.15, 0.2) is 0 Å². The minimum absolute atomic E-state index is 0.0590. The molecule has 1 N–H and O–H groups in total. The normalized spacial score (nSPS) is 11.1. The molecule has 8 nitrogen and oxygen atoms in total. The summed E-state index contributed by atoms with van der Waals surface area (Å²) in [4.78, 5) is 22.6. The van der Waals surface area contributed by atoms with E-state index in [0.29, 0.717) is 17.1 Å². The van der Waals surface area contributed by atoms with E-state index in [2.05, 4.69) is 5.32 Å². The Balaban J connectivity index is 1.74. The number of nitrogens with zero attached hydrogens (tertiary/aromatic N) is 2. The Morgan fingerprint density at radius 1 is 1.25 bits per heavy atom. The van der Waals surface area contributed by atoms with Crippen molar-refractivity contribution in [1.29, 1.82) is 5.26 Å². The number of nitriles is 1. The van der Waals surface area contributed by atoms with Gasteiger partial charge in [0.25, 0.3) is 11.6 Å². The number of hydrogen-bond acceptors (Lipinski definition) is 6. The molecule has 0 bridgehead atoms. The minimum atomic E-state index is -0.565. The third-order valence-corrected chi connectivity index (χ3v) is 3.84. The predicted octanol–water partition coefficient (Wildman–Crippen LogP) is 3.98. The van der Waals surface area contributed by atoms with E-state index in [1.807, 2.05) is 6.07 Å². The lowest BCUT2D eigenvalue weighted by molar-refractivity contribution is -0.384. The molecule has 1 amide bonds. The van der Waals surface area contributed by atoms with Gasteiger partial charge in [-0.2, -0.15) is 5.26 Å². The van der Waals surface area contributed by atoms with Crippen LogP contribution < -0.4 is 5.32 Å². The van der Waals surface area contributed by atoms with Crippen LogP contribution in [-0.2, 0) is 11.3 Å². The Bertz CT molecular complexity index is 1100. The van der Waals surface area contributed by atoms with Gasteiger partial charge in [-0.25, -0.2) is 0 Å². The molecule has 2 aromatic heterocycles. The summed E-state index contributed by atoms with van der Waals surface area (Å²) in [6.07, 6.45) is 1.31. The van der Waals surface area contributed by atoms with E-state index in [0.717, 1.165) is 5.76 Å². The van der Waals surface area contributed by atoms with E-state index in [1.54, 1.807) is 43.3 Å². The monoisotopic (exact) mass is 377 g/mol. The fourth-order valence-corrected chi connectivity index (χ4v) is 2.49. The van der Waals surface area contributed by atoms with Crippen LogP contribution in [0.3, 0.4) is 0 Å². The topological polar surface area (TPSA) is 122 Å². The summed E-state index contributed by atoms with van der Waals surface area (Å²) >= 11 is 0. The van der Waals surface area contributed by atoms with Gasteiger partial charge in [-0.05, 0) is 31.2 Å². The first kappa shape index (κ1) is 18.7. The second-order valence-electron chi connectivity index (χ2n) is 5.87. The molecule has 8 heteroatoms. The first-order valence-electron chi connectivity index (χ1n) is 8.26. The van der Waals surface area contributed by atoms with E-state index in [-0.39, 0.29) is 23.6 Å². The van der Waals surface area contributed by atoms with Crippen LogP contribution in [0.25, 0.3) is 17.4 Å². The van der Waals surface area contributed by atoms with Gasteiger partial charge in [0.1, 0.15) is 34.7 Å². The maximum atomic E-state index is 12.2. The number of rotatable bonds is 6. The summed E-state index contributed by atoms with van der Waals surface area (Å²) < 4.78 is 11.0. The molecule has 0 saturated heterocycles. The number of nitro groups is 1. The molecule has 28 heavy (non-hydrogen) atoms. The van der Waals surface area contributed by atoms with Crippen LogP contribution in [0.4, 0.5) is 5.69 Å². The lowest BCUT2D eigenvalue weighted by Crippen LogP contribution is -2.23. The zero-order valence-electron chi connectivity index (χ0n) is 14.8. The van der Waals surface area contributed by atoms with E-state index < -0.39 is 10.8 Å². The fourth-order valence-electron chi connectivity index (χ4n) is 2.49. The fraction of sp³-hybridized carbons (Fsp3) is 0.100. The number of non-ortho nitro benzene ring substituents is 1. The first-order valence-corrected chi connectivity index (χ1v) is 8.26. The maximum absolute atomic E-state index is 12.2. The average Bonchev–Trinajstić information content (AvgIpc) is 3.33. The van der Waals surface area contributed by atoms with Crippen molar-refractivity contribution in [3.63, 3.8) is 0 Å². The number of carbonyl (C=O) groups excluding carboxylic acids is 1. The van der Waals surface area contributed by atoms with Crippen LogP contribution in [0, 0.1) is 28.4 Å². The Morgan fingerprint density at radius 2 is 2.07 bits per heavy atom. The summed E-state index contributed by atoms with van der Waals surface area (Å²) in [7, 11) is 0. The van der Waals surface area contributed by atoms with Gasteiger partial charge >= 0.3 is 0 Å². The molecule has 0 aliphatic carbocycles. The highest BCUT2D eigenvalue weighted by Gasteiger charge is 2.13. The number of benzene rings is 1. The number of nitro benzene ring substituents is 1. The smallest absolute Gasteiger partial charge is 0.270 e. The van der Waals surface area contributed by atoms with Crippen molar-refractivity contribution < 1.29 is 18.6 Å².